The molecule has 0 saturated carbocycles. The Morgan fingerprint density at radius 1 is 1.07 bits per heavy atom. The Morgan fingerprint density at radius 3 is 2.40 bits per heavy atom. The molecule has 0 aliphatic carbocycles. The van der Waals surface area contributed by atoms with Crippen molar-refractivity contribution in [1.82, 2.24) is 4.90 Å². The lowest BCUT2D eigenvalue weighted by atomic mass is 9.77. The number of benzene rings is 3. The number of carbonyl (C=O) groups excluding carboxylic acids is 1. The summed E-state index contributed by atoms with van der Waals surface area (Å²) in [7, 11) is -1.04. The number of rotatable bonds is 7. The summed E-state index contributed by atoms with van der Waals surface area (Å²) in [6.07, 6.45) is -4.94. The highest BCUT2D eigenvalue weighted by molar-refractivity contribution is 6.62. The fraction of sp³-hybridized carbons (Fsp3) is 0.355. The molecule has 0 radical (unpaired) electrons. The van der Waals surface area contributed by atoms with Crippen molar-refractivity contribution in [3.8, 4) is 0 Å². The number of halogens is 5. The van der Waals surface area contributed by atoms with Crippen LogP contribution in [0.1, 0.15) is 72.3 Å². The van der Waals surface area contributed by atoms with Crippen LogP contribution in [0.2, 0.25) is 10.0 Å². The molecule has 0 saturated heterocycles. The third kappa shape index (κ3) is 5.78. The molecule has 12 heteroatoms. The van der Waals surface area contributed by atoms with Gasteiger partial charge in [0.15, 0.2) is 0 Å². The number of fused-ring (bicyclic) bond motifs is 1. The number of nitrogens with zero attached hydrogens (tertiary/aromatic N) is 2. The molecule has 1 atom stereocenters. The lowest BCUT2D eigenvalue weighted by molar-refractivity contribution is -0.275. The fourth-order valence-corrected chi connectivity index (χ4v) is 6.23. The first kappa shape index (κ1) is 31.4. The molecule has 0 aromatic heterocycles. The Labute approximate surface area is 258 Å². The number of oxime groups is 1. The summed E-state index contributed by atoms with van der Waals surface area (Å²) < 4.78 is 49.0. The summed E-state index contributed by atoms with van der Waals surface area (Å²) in [4.78, 5) is 20.5. The molecule has 1 N–H and O–H groups in total. The van der Waals surface area contributed by atoms with Gasteiger partial charge >= 0.3 is 13.3 Å². The molecule has 0 fully saturated rings. The third-order valence-electron chi connectivity index (χ3n) is 8.04. The van der Waals surface area contributed by atoms with Gasteiger partial charge in [-0.2, -0.15) is 13.2 Å². The number of amides is 1. The van der Waals surface area contributed by atoms with E-state index < -0.39 is 30.9 Å². The summed E-state index contributed by atoms with van der Waals surface area (Å²) in [5.41, 5.74) is 0.440. The van der Waals surface area contributed by atoms with Crippen LogP contribution < -0.4 is 5.46 Å². The molecule has 2 aliphatic rings. The lowest BCUT2D eigenvalue weighted by Gasteiger charge is -2.29. The largest absolute Gasteiger partial charge is 0.492 e. The average Bonchev–Trinajstić information content (AvgIpc) is 3.50. The van der Waals surface area contributed by atoms with Crippen molar-refractivity contribution in [2.45, 2.75) is 64.5 Å². The van der Waals surface area contributed by atoms with Crippen LogP contribution in [0.15, 0.2) is 59.8 Å². The number of alkyl halides is 3. The van der Waals surface area contributed by atoms with Gasteiger partial charge in [-0.15, -0.1) is 0 Å². The Morgan fingerprint density at radius 2 is 1.77 bits per heavy atom. The highest BCUT2D eigenvalue weighted by Gasteiger charge is 2.62. The van der Waals surface area contributed by atoms with Gasteiger partial charge in [-0.1, -0.05) is 59.5 Å². The summed E-state index contributed by atoms with van der Waals surface area (Å²) in [6.45, 7) is 8.24. The number of hydrogen-bond acceptors (Lipinski definition) is 5. The fourth-order valence-electron chi connectivity index (χ4n) is 5.71. The van der Waals surface area contributed by atoms with E-state index >= 15 is 0 Å². The first-order valence-electron chi connectivity index (χ1n) is 13.9. The summed E-state index contributed by atoms with van der Waals surface area (Å²) >= 11 is 12.0. The van der Waals surface area contributed by atoms with Gasteiger partial charge in [0.2, 0.25) is 0 Å². The Kier molecular flexibility index (Phi) is 8.37. The number of hydrogen-bond donors (Lipinski definition) is 1. The monoisotopic (exact) mass is 632 g/mol. The minimum Gasteiger partial charge on any atom is -0.423 e. The van der Waals surface area contributed by atoms with E-state index in [1.54, 1.807) is 23.1 Å². The van der Waals surface area contributed by atoms with Gasteiger partial charge in [0, 0.05) is 40.7 Å². The average molecular weight is 633 g/mol. The van der Waals surface area contributed by atoms with Crippen LogP contribution in [-0.4, -0.2) is 41.4 Å². The van der Waals surface area contributed by atoms with Gasteiger partial charge in [0.1, 0.15) is 0 Å². The van der Waals surface area contributed by atoms with Crippen molar-refractivity contribution in [2.24, 2.45) is 5.16 Å². The molecule has 226 valence electrons. The SMILES string of the molecule is CCc1cc(C2=NOC(c3cc(Cl)cc(Cl)c3)(C(F)(F)F)C2)ccc1C(=O)N(CC)Cc1ccc2c(c1)B(O)OC2(C)C. The normalized spacial score (nSPS) is 19.2. The minimum atomic E-state index is -4.81. The molecule has 6 nitrogen and oxygen atoms in total. The van der Waals surface area contributed by atoms with Crippen LogP contribution in [-0.2, 0) is 33.7 Å². The van der Waals surface area contributed by atoms with Crippen LogP contribution in [0.5, 0.6) is 0 Å². The first-order valence-corrected chi connectivity index (χ1v) is 14.6. The predicted octanol–water partition coefficient (Wildman–Crippen LogP) is 6.75. The second kappa shape index (κ2) is 11.5. The molecule has 1 amide bonds. The summed E-state index contributed by atoms with van der Waals surface area (Å²) in [6, 6.07) is 14.3. The van der Waals surface area contributed by atoms with Crippen molar-refractivity contribution in [2.75, 3.05) is 6.54 Å². The lowest BCUT2D eigenvalue weighted by Crippen LogP contribution is -2.42. The highest BCUT2D eigenvalue weighted by Crippen LogP contribution is 2.49. The van der Waals surface area contributed by atoms with E-state index in [9.17, 15) is 23.0 Å². The predicted molar refractivity (Wildman–Crippen MR) is 161 cm³/mol. The first-order chi connectivity index (χ1) is 20.2. The quantitative estimate of drug-likeness (QED) is 0.293. The van der Waals surface area contributed by atoms with Crippen molar-refractivity contribution in [3.63, 3.8) is 0 Å². The van der Waals surface area contributed by atoms with Crippen LogP contribution >= 0.6 is 23.2 Å². The van der Waals surface area contributed by atoms with Crippen LogP contribution in [0.3, 0.4) is 0 Å². The van der Waals surface area contributed by atoms with Gasteiger partial charge < -0.3 is 19.4 Å². The van der Waals surface area contributed by atoms with Crippen LogP contribution in [0, 0.1) is 0 Å². The highest BCUT2D eigenvalue weighted by atomic mass is 35.5. The van der Waals surface area contributed by atoms with Crippen LogP contribution in [0.4, 0.5) is 13.2 Å². The molecule has 0 bridgehead atoms. The van der Waals surface area contributed by atoms with Gasteiger partial charge in [0.05, 0.1) is 11.3 Å². The molecule has 2 heterocycles. The molecule has 43 heavy (non-hydrogen) atoms. The molecule has 5 rings (SSSR count). The third-order valence-corrected chi connectivity index (χ3v) is 8.48. The molecule has 3 aromatic carbocycles. The number of carbonyl (C=O) groups is 1. The summed E-state index contributed by atoms with van der Waals surface area (Å²) in [5, 5.41) is 14.3. The second-order valence-electron chi connectivity index (χ2n) is 11.2. The standard InChI is InChI=1S/C31H30BCl2F3N2O4/c1-5-19-12-20(27-16-30(43-38-27,31(35,36)37)21-13-22(33)15-23(34)14-21)8-9-24(19)28(40)39(6-2)17-18-7-10-25-26(11-18)32(41)42-29(25,3)4/h7-15,41H,5-6,16-17H2,1-4H3. The van der Waals surface area contributed by atoms with E-state index in [0.29, 0.717) is 41.7 Å². The van der Waals surface area contributed by atoms with E-state index in [1.165, 1.54) is 18.2 Å². The van der Waals surface area contributed by atoms with E-state index in [2.05, 4.69) is 5.16 Å². The topological polar surface area (TPSA) is 71.4 Å². The van der Waals surface area contributed by atoms with E-state index in [4.69, 9.17) is 32.7 Å². The molecule has 3 aromatic rings. The number of aryl methyl sites for hydroxylation is 1. The summed E-state index contributed by atoms with van der Waals surface area (Å²) in [5.74, 6) is -0.216. The zero-order chi connectivity index (χ0) is 31.3. The van der Waals surface area contributed by atoms with Crippen molar-refractivity contribution in [1.29, 1.82) is 0 Å². The van der Waals surface area contributed by atoms with E-state index in [1.807, 2.05) is 45.9 Å². The van der Waals surface area contributed by atoms with Crippen molar-refractivity contribution < 1.29 is 32.5 Å². The Bertz CT molecular complexity index is 1590. The maximum Gasteiger partial charge on any atom is 0.492 e. The molecule has 1 unspecified atom stereocenters. The second-order valence-corrected chi connectivity index (χ2v) is 12.1. The van der Waals surface area contributed by atoms with Crippen LogP contribution in [0.25, 0.3) is 0 Å². The molecule has 0 spiro atoms. The van der Waals surface area contributed by atoms with Crippen molar-refractivity contribution >= 4 is 47.4 Å². The zero-order valence-corrected chi connectivity index (χ0v) is 25.6. The van der Waals surface area contributed by atoms with E-state index in [0.717, 1.165) is 11.1 Å². The van der Waals surface area contributed by atoms with E-state index in [-0.39, 0.29) is 27.2 Å². The molecular formula is C31H30BCl2F3N2O4. The van der Waals surface area contributed by atoms with Gasteiger partial charge in [0.25, 0.3) is 11.5 Å². The Balaban J connectivity index is 1.40. The maximum absolute atomic E-state index is 14.5. The van der Waals surface area contributed by atoms with Crippen molar-refractivity contribution in [3.05, 3.63) is 98.0 Å². The Hall–Kier alpha value is -3.05. The molecular weight excluding hydrogens is 603 g/mol. The maximum atomic E-state index is 14.5. The minimum absolute atomic E-state index is 0.0491. The molecule has 2 aliphatic heterocycles. The van der Waals surface area contributed by atoms with Gasteiger partial charge in [-0.3, -0.25) is 4.79 Å². The smallest absolute Gasteiger partial charge is 0.423 e. The zero-order valence-electron chi connectivity index (χ0n) is 24.1. The van der Waals surface area contributed by atoms with Gasteiger partial charge in [-0.25, -0.2) is 0 Å². The van der Waals surface area contributed by atoms with Gasteiger partial charge in [-0.05, 0) is 85.2 Å².